The fourth-order valence-corrected chi connectivity index (χ4v) is 3.97. The SMILES string of the molecule is COc1ccc2c(c1)C(=O)NC=CC=C[C](=[W])c1nccn1CCCCC2. The molecule has 0 fully saturated rings. The van der Waals surface area contributed by atoms with E-state index in [9.17, 15) is 4.79 Å². The van der Waals surface area contributed by atoms with E-state index in [4.69, 9.17) is 4.74 Å². The molecule has 27 heavy (non-hydrogen) atoms. The minimum absolute atomic E-state index is 0.109. The summed E-state index contributed by atoms with van der Waals surface area (Å²) < 4.78 is 8.69. The van der Waals surface area contributed by atoms with Crippen LogP contribution in [-0.4, -0.2) is 26.5 Å². The maximum absolute atomic E-state index is 12.6. The summed E-state index contributed by atoms with van der Waals surface area (Å²) in [6.45, 7) is 0.964. The number of nitrogens with one attached hydrogen (secondary N) is 1. The van der Waals surface area contributed by atoms with Crippen LogP contribution in [0.3, 0.4) is 0 Å². The van der Waals surface area contributed by atoms with Crippen LogP contribution in [0, 0.1) is 0 Å². The molecule has 0 saturated heterocycles. The molecule has 0 unspecified atom stereocenters. The standard InChI is InChI=1S/C21H23N3O2.W/c1-26-18-11-10-17-8-4-3-7-14-24-15-13-22-20(24)9-5-2-6-12-23-21(25)19(17)16-18;/h2,5-6,10-13,15-16H,3-4,7-8,14H2,1H3,(H,23,25);. The summed E-state index contributed by atoms with van der Waals surface area (Å²) in [6.07, 6.45) is 15.5. The van der Waals surface area contributed by atoms with Crippen LogP contribution in [0.4, 0.5) is 0 Å². The van der Waals surface area contributed by atoms with Crippen molar-refractivity contribution in [1.29, 1.82) is 0 Å². The number of hydrogen-bond donors (Lipinski definition) is 1. The van der Waals surface area contributed by atoms with E-state index in [2.05, 4.69) is 14.9 Å². The molecular formula is C21H23N3O2W. The minimum atomic E-state index is -0.109. The van der Waals surface area contributed by atoms with Gasteiger partial charge in [0.25, 0.3) is 0 Å². The zero-order valence-electron chi connectivity index (χ0n) is 15.4. The number of carbonyl (C=O) groups is 1. The Balaban J connectivity index is 1.83. The molecule has 1 aliphatic heterocycles. The fraction of sp³-hybridized carbons (Fsp3) is 0.286. The molecule has 0 atom stereocenters. The number of allylic oxidation sites excluding steroid dienone is 3. The van der Waals surface area contributed by atoms with Crippen molar-refractivity contribution in [2.24, 2.45) is 0 Å². The number of imidazole rings is 1. The zero-order chi connectivity index (χ0) is 19.1. The molecule has 2 aromatic rings. The number of amides is 1. The van der Waals surface area contributed by atoms with Gasteiger partial charge in [0.15, 0.2) is 0 Å². The van der Waals surface area contributed by atoms with E-state index >= 15 is 0 Å². The molecule has 3 rings (SSSR count). The summed E-state index contributed by atoms with van der Waals surface area (Å²) in [6, 6.07) is 5.73. The van der Waals surface area contributed by atoms with E-state index in [-0.39, 0.29) is 5.91 Å². The Labute approximate surface area is 170 Å². The molecule has 0 saturated carbocycles. The van der Waals surface area contributed by atoms with Crippen molar-refractivity contribution in [2.45, 2.75) is 32.2 Å². The van der Waals surface area contributed by atoms with Crippen LogP contribution in [-0.2, 0) is 32.3 Å². The maximum atomic E-state index is 12.6. The second-order valence-corrected chi connectivity index (χ2v) is 7.91. The van der Waals surface area contributed by atoms with E-state index in [1.165, 1.54) is 23.3 Å². The van der Waals surface area contributed by atoms with Crippen LogP contribution in [0.1, 0.15) is 41.0 Å². The predicted molar refractivity (Wildman–Crippen MR) is 103 cm³/mol. The molecule has 0 radical (unpaired) electrons. The Morgan fingerprint density at radius 2 is 2.11 bits per heavy atom. The third kappa shape index (κ3) is 5.14. The van der Waals surface area contributed by atoms with Crippen LogP contribution >= 0.6 is 0 Å². The average molecular weight is 533 g/mol. The second-order valence-electron chi connectivity index (χ2n) is 6.33. The van der Waals surface area contributed by atoms with Crippen LogP contribution in [0.5, 0.6) is 5.75 Å². The summed E-state index contributed by atoms with van der Waals surface area (Å²) in [5, 5.41) is 2.85. The topological polar surface area (TPSA) is 56.1 Å². The van der Waals surface area contributed by atoms with Crippen molar-refractivity contribution in [1.82, 2.24) is 14.9 Å². The number of nitrogens with zero attached hydrogens (tertiary/aromatic N) is 2. The van der Waals surface area contributed by atoms with Crippen molar-refractivity contribution in [3.63, 3.8) is 0 Å². The second kappa shape index (κ2) is 9.61. The number of benzene rings is 1. The van der Waals surface area contributed by atoms with Gasteiger partial charge >= 0.3 is 171 Å². The number of aromatic nitrogens is 2. The fourth-order valence-electron chi connectivity index (χ4n) is 3.08. The van der Waals surface area contributed by atoms with Crippen molar-refractivity contribution in [3.8, 4) is 5.75 Å². The molecule has 0 spiro atoms. The normalized spacial score (nSPS) is 15.7. The van der Waals surface area contributed by atoms with Crippen LogP contribution in [0.25, 0.3) is 0 Å². The van der Waals surface area contributed by atoms with Crippen LogP contribution < -0.4 is 10.1 Å². The van der Waals surface area contributed by atoms with Gasteiger partial charge in [0.05, 0.1) is 0 Å². The molecule has 0 bridgehead atoms. The first kappa shape index (κ1) is 19.5. The van der Waals surface area contributed by atoms with Gasteiger partial charge in [-0.15, -0.1) is 0 Å². The number of methoxy groups -OCH3 is 1. The summed E-state index contributed by atoms with van der Waals surface area (Å²) in [7, 11) is 1.62. The number of fused-ring (bicyclic) bond motifs is 2. The number of carbonyl (C=O) groups excluding carboxylic acids is 1. The van der Waals surface area contributed by atoms with E-state index in [1.807, 2.05) is 48.8 Å². The molecule has 5 nitrogen and oxygen atoms in total. The van der Waals surface area contributed by atoms with E-state index < -0.39 is 0 Å². The van der Waals surface area contributed by atoms with Gasteiger partial charge in [-0.3, -0.25) is 0 Å². The molecule has 1 N–H and O–H groups in total. The summed E-state index contributed by atoms with van der Waals surface area (Å²) in [5.41, 5.74) is 1.74. The third-order valence-corrected chi connectivity index (χ3v) is 5.66. The first-order valence-corrected chi connectivity index (χ1v) is 10.5. The Morgan fingerprint density at radius 1 is 1.22 bits per heavy atom. The molecule has 140 valence electrons. The van der Waals surface area contributed by atoms with Gasteiger partial charge in [0.1, 0.15) is 0 Å². The van der Waals surface area contributed by atoms with Gasteiger partial charge in [0.2, 0.25) is 0 Å². The summed E-state index contributed by atoms with van der Waals surface area (Å²) >= 11 is 1.37. The number of aryl methyl sites for hydroxylation is 2. The van der Waals surface area contributed by atoms with Gasteiger partial charge in [-0.2, -0.15) is 0 Å². The quantitative estimate of drug-likeness (QED) is 0.613. The Bertz CT molecular complexity index is 883. The Kier molecular flexibility index (Phi) is 6.94. The summed E-state index contributed by atoms with van der Waals surface area (Å²) in [4.78, 5) is 17.1. The van der Waals surface area contributed by atoms with Crippen LogP contribution in [0.2, 0.25) is 0 Å². The van der Waals surface area contributed by atoms with Crippen molar-refractivity contribution < 1.29 is 28.9 Å². The third-order valence-electron chi connectivity index (χ3n) is 4.51. The van der Waals surface area contributed by atoms with Gasteiger partial charge in [-0.05, 0) is 0 Å². The number of ether oxygens (including phenoxy) is 1. The van der Waals surface area contributed by atoms with Crippen molar-refractivity contribution in [2.75, 3.05) is 7.11 Å². The Morgan fingerprint density at radius 3 is 2.96 bits per heavy atom. The van der Waals surface area contributed by atoms with Gasteiger partial charge in [0, 0.05) is 0 Å². The molecule has 1 amide bonds. The zero-order valence-corrected chi connectivity index (χ0v) is 18.3. The van der Waals surface area contributed by atoms with Gasteiger partial charge in [-0.1, -0.05) is 0 Å². The predicted octanol–water partition coefficient (Wildman–Crippen LogP) is 3.19. The first-order chi connectivity index (χ1) is 13.2. The molecule has 0 aliphatic carbocycles. The molecule has 6 heteroatoms. The number of rotatable bonds is 1. The van der Waals surface area contributed by atoms with Crippen molar-refractivity contribution >= 4 is 9.81 Å². The van der Waals surface area contributed by atoms with E-state index in [0.29, 0.717) is 11.3 Å². The van der Waals surface area contributed by atoms with Crippen LogP contribution in [0.15, 0.2) is 55.0 Å². The molecule has 2 heterocycles. The van der Waals surface area contributed by atoms with E-state index in [1.54, 1.807) is 13.3 Å². The van der Waals surface area contributed by atoms with Gasteiger partial charge in [-0.25, -0.2) is 0 Å². The van der Waals surface area contributed by atoms with E-state index in [0.717, 1.165) is 43.6 Å². The summed E-state index contributed by atoms with van der Waals surface area (Å²) in [5.74, 6) is 1.62. The Hall–Kier alpha value is -2.26. The number of hydrogen-bond acceptors (Lipinski definition) is 3. The first-order valence-electron chi connectivity index (χ1n) is 9.05. The molecular weight excluding hydrogens is 510 g/mol. The average Bonchev–Trinajstić information content (AvgIpc) is 3.15. The molecule has 1 aromatic heterocycles. The van der Waals surface area contributed by atoms with Gasteiger partial charge < -0.3 is 0 Å². The van der Waals surface area contributed by atoms with Crippen molar-refractivity contribution in [3.05, 3.63) is 72.0 Å². The monoisotopic (exact) mass is 533 g/mol. The molecule has 1 aliphatic rings. The molecule has 1 aromatic carbocycles.